The summed E-state index contributed by atoms with van der Waals surface area (Å²) in [7, 11) is 1.41. The van der Waals surface area contributed by atoms with Crippen LogP contribution in [0.2, 0.25) is 0 Å². The molecule has 15 heteroatoms. The number of halogens is 1. The lowest BCUT2D eigenvalue weighted by atomic mass is 10.1. The van der Waals surface area contributed by atoms with Gasteiger partial charge in [-0.25, -0.2) is 13.8 Å². The van der Waals surface area contributed by atoms with Crippen LogP contribution in [0.5, 0.6) is 5.75 Å². The Hall–Kier alpha value is -4.00. The number of thiophene rings is 1. The van der Waals surface area contributed by atoms with E-state index in [2.05, 4.69) is 10.2 Å². The third-order valence-electron chi connectivity index (χ3n) is 6.04. The molecule has 1 amide bonds. The number of amides is 1. The molecule has 3 aromatic heterocycles. The zero-order valence-corrected chi connectivity index (χ0v) is 23.1. The number of nitriles is 1. The molecule has 0 saturated carbocycles. The van der Waals surface area contributed by atoms with E-state index in [0.717, 1.165) is 15.9 Å². The topological polar surface area (TPSA) is 160 Å². The fourth-order valence-electron chi connectivity index (χ4n) is 4.10. The lowest BCUT2D eigenvalue weighted by Crippen LogP contribution is -2.45. The molecule has 0 spiro atoms. The first-order valence-electron chi connectivity index (χ1n) is 11.5. The normalized spacial score (nSPS) is 12.5. The maximum atomic E-state index is 14.3. The van der Waals surface area contributed by atoms with Crippen molar-refractivity contribution < 1.29 is 18.7 Å². The number of aryl methyl sites for hydroxylation is 1. The Labute approximate surface area is 232 Å². The third kappa shape index (κ3) is 5.58. The molecule has 0 radical (unpaired) electrons. The van der Waals surface area contributed by atoms with Crippen molar-refractivity contribution in [3.63, 3.8) is 0 Å². The number of nitrogens with two attached hydrogens (primary N) is 1. The van der Waals surface area contributed by atoms with Crippen LogP contribution >= 0.6 is 24.8 Å². The van der Waals surface area contributed by atoms with Gasteiger partial charge in [-0.1, -0.05) is 11.3 Å². The molecule has 2 atom stereocenters. The van der Waals surface area contributed by atoms with Gasteiger partial charge >= 0.3 is 5.69 Å². The van der Waals surface area contributed by atoms with Crippen LogP contribution in [0.3, 0.4) is 0 Å². The monoisotopic (exact) mass is 575 g/mol. The summed E-state index contributed by atoms with van der Waals surface area (Å²) in [6.45, 7) is 2.83. The minimum Gasteiger partial charge on any atom is -0.496 e. The van der Waals surface area contributed by atoms with Crippen LogP contribution in [0, 0.1) is 24.1 Å². The molecule has 0 aliphatic rings. The molecule has 0 saturated heterocycles. The highest BCUT2D eigenvalue weighted by Gasteiger charge is 2.28. The van der Waals surface area contributed by atoms with Crippen LogP contribution in [0.15, 0.2) is 40.2 Å². The second-order valence-electron chi connectivity index (χ2n) is 8.33. The van der Waals surface area contributed by atoms with Crippen molar-refractivity contribution in [3.05, 3.63) is 68.4 Å². The molecule has 4 rings (SSSR count). The Kier molecular flexibility index (Phi) is 9.28. The quantitative estimate of drug-likeness (QED) is 0.281. The number of benzene rings is 1. The Morgan fingerprint density at radius 1 is 1.28 bits per heavy atom. The van der Waals surface area contributed by atoms with Crippen molar-refractivity contribution >= 4 is 41.0 Å². The predicted molar refractivity (Wildman–Crippen MR) is 146 cm³/mol. The second kappa shape index (κ2) is 12.2. The smallest absolute Gasteiger partial charge is 0.332 e. The van der Waals surface area contributed by atoms with Crippen molar-refractivity contribution in [2.24, 2.45) is 5.73 Å². The summed E-state index contributed by atoms with van der Waals surface area (Å²) in [6, 6.07) is 4.60. The summed E-state index contributed by atoms with van der Waals surface area (Å²) < 4.78 is 27.7. The summed E-state index contributed by atoms with van der Waals surface area (Å²) >= 11 is 1.10. The maximum Gasteiger partial charge on any atom is 0.332 e. The minimum atomic E-state index is -1.25. The molecular weight excluding hydrogens is 549 g/mol. The molecule has 12 nitrogen and oxygen atoms in total. The Bertz CT molecular complexity index is 1660. The molecule has 0 aliphatic carbocycles. The number of fused-ring (bicyclic) bond motifs is 1. The van der Waals surface area contributed by atoms with E-state index in [9.17, 15) is 18.8 Å². The summed E-state index contributed by atoms with van der Waals surface area (Å²) in [5, 5.41) is 17.9. The summed E-state index contributed by atoms with van der Waals surface area (Å²) in [6.07, 6.45) is 2.03. The van der Waals surface area contributed by atoms with Gasteiger partial charge in [-0.15, -0.1) is 4.80 Å². The Morgan fingerprint density at radius 3 is 2.59 bits per heavy atom. The van der Waals surface area contributed by atoms with Crippen molar-refractivity contribution in [2.75, 3.05) is 13.7 Å². The third-order valence-corrected chi connectivity index (χ3v) is 7.32. The number of carbonyl (C=O) groups excluding carboxylic acids is 1. The molecule has 0 aliphatic heterocycles. The van der Waals surface area contributed by atoms with Gasteiger partial charge < -0.3 is 15.2 Å². The van der Waals surface area contributed by atoms with Crippen molar-refractivity contribution in [3.8, 4) is 16.8 Å². The van der Waals surface area contributed by atoms with Crippen LogP contribution in [0.4, 0.5) is 4.39 Å². The number of hydrogen-bond acceptors (Lipinski definition) is 9. The van der Waals surface area contributed by atoms with Crippen molar-refractivity contribution in [2.45, 2.75) is 39.0 Å². The molecule has 1 aromatic carbocycles. The molecule has 2 N–H and O–H groups in total. The van der Waals surface area contributed by atoms with E-state index in [0.29, 0.717) is 21.9 Å². The van der Waals surface area contributed by atoms with Crippen LogP contribution < -0.4 is 21.7 Å². The fraction of sp³-hybridized carbons (Fsp3) is 0.333. The van der Waals surface area contributed by atoms with E-state index in [-0.39, 0.29) is 43.3 Å². The maximum absolute atomic E-state index is 14.3. The number of ether oxygens (including phenoxy) is 2. The molecule has 0 unspecified atom stereocenters. The van der Waals surface area contributed by atoms with Gasteiger partial charge in [0.1, 0.15) is 33.5 Å². The van der Waals surface area contributed by atoms with Crippen molar-refractivity contribution in [1.82, 2.24) is 24.1 Å². The number of aromatic nitrogens is 5. The summed E-state index contributed by atoms with van der Waals surface area (Å²) in [5.74, 6) is -1.12. The highest BCUT2D eigenvalue weighted by atomic mass is 32.1. The number of carbonyl (C=O) groups is 1. The van der Waals surface area contributed by atoms with Crippen LogP contribution in [-0.2, 0) is 16.1 Å². The molecule has 206 valence electrons. The number of rotatable bonds is 10. The second-order valence-corrected chi connectivity index (χ2v) is 9.31. The lowest BCUT2D eigenvalue weighted by molar-refractivity contribution is -0.120. The molecule has 3 heterocycles. The van der Waals surface area contributed by atoms with E-state index < -0.39 is 35.1 Å². The van der Waals surface area contributed by atoms with Gasteiger partial charge in [-0.3, -0.25) is 14.2 Å². The number of methoxy groups -OCH3 is 1. The molecular formula is C24H26FN7O5S2. The first kappa shape index (κ1) is 29.6. The van der Waals surface area contributed by atoms with E-state index in [4.69, 9.17) is 20.5 Å². The average Bonchev–Trinajstić information content (AvgIpc) is 3.53. The van der Waals surface area contributed by atoms with E-state index in [1.165, 1.54) is 54.0 Å². The Morgan fingerprint density at radius 2 is 1.97 bits per heavy atom. The van der Waals surface area contributed by atoms with E-state index in [1.54, 1.807) is 6.92 Å². The van der Waals surface area contributed by atoms with Crippen LogP contribution in [-0.4, -0.2) is 43.8 Å². The molecule has 39 heavy (non-hydrogen) atoms. The SMILES string of the molecule is COc1ccc(F)cc1[C@H](Cn1c(=O)n([C@@H](C)C(N)=O)c(=O)c2c(C)c(-n3nccn3)sc21)OCCC#N.S. The zero-order chi connectivity index (χ0) is 27.6. The van der Waals surface area contributed by atoms with Crippen molar-refractivity contribution in [1.29, 1.82) is 5.26 Å². The average molecular weight is 576 g/mol. The largest absolute Gasteiger partial charge is 0.496 e. The van der Waals surface area contributed by atoms with Gasteiger partial charge in [0.15, 0.2) is 0 Å². The van der Waals surface area contributed by atoms with E-state index >= 15 is 0 Å². The summed E-state index contributed by atoms with van der Waals surface area (Å²) in [5.41, 5.74) is 4.77. The number of primary amides is 1. The van der Waals surface area contributed by atoms with Gasteiger partial charge in [-0.2, -0.15) is 29.0 Å². The number of nitrogens with zero attached hydrogens (tertiary/aromatic N) is 6. The minimum absolute atomic E-state index is 0. The predicted octanol–water partition coefficient (Wildman–Crippen LogP) is 2.09. The fourth-order valence-corrected chi connectivity index (χ4v) is 5.32. The first-order chi connectivity index (χ1) is 18.2. The first-order valence-corrected chi connectivity index (χ1v) is 12.3. The summed E-state index contributed by atoms with van der Waals surface area (Å²) in [4.78, 5) is 40.9. The lowest BCUT2D eigenvalue weighted by Gasteiger charge is -2.23. The number of hydrogen-bond donors (Lipinski definition) is 1. The van der Waals surface area contributed by atoms with Gasteiger partial charge in [-0.05, 0) is 32.0 Å². The molecule has 0 fully saturated rings. The highest BCUT2D eigenvalue weighted by molar-refractivity contribution is 7.59. The van der Waals surface area contributed by atoms with E-state index in [1.807, 2.05) is 6.07 Å². The highest BCUT2D eigenvalue weighted by Crippen LogP contribution is 2.34. The van der Waals surface area contributed by atoms with Gasteiger partial charge in [0, 0.05) is 11.1 Å². The standard InChI is InChI=1S/C24H24FN7O5S.H2S/c1-13-19-21(34)31(14(2)20(27)33)24(35)30(23(19)38-22(13)32-28-8-9-29-32)12-18(37-10-4-7-26)16-11-15(25)5-6-17(16)36-3;/h5-6,8-9,11,14,18H,4,10,12H2,1-3H3,(H2,27,33);1H2/t14-,18-;/m0./s1. The van der Waals surface area contributed by atoms with Crippen LogP contribution in [0.25, 0.3) is 15.2 Å². The van der Waals surface area contributed by atoms with Gasteiger partial charge in [0.25, 0.3) is 5.56 Å². The van der Waals surface area contributed by atoms with Crippen LogP contribution in [0.1, 0.15) is 36.6 Å². The molecule has 0 bridgehead atoms. The zero-order valence-electron chi connectivity index (χ0n) is 21.3. The van der Waals surface area contributed by atoms with Gasteiger partial charge in [0.2, 0.25) is 5.91 Å². The molecule has 4 aromatic rings. The Balaban J connectivity index is 0.00000420. The van der Waals surface area contributed by atoms with Gasteiger partial charge in [0.05, 0.1) is 50.5 Å².